The second-order valence-corrected chi connectivity index (χ2v) is 7.66. The molecular formula is C26H18FN. The van der Waals surface area contributed by atoms with Gasteiger partial charge in [-0.1, -0.05) is 30.3 Å². The molecule has 0 aliphatic heterocycles. The van der Waals surface area contributed by atoms with Gasteiger partial charge >= 0.3 is 0 Å². The Hall–Kier alpha value is -3.26. The van der Waals surface area contributed by atoms with Crippen molar-refractivity contribution in [3.05, 3.63) is 89.7 Å². The zero-order valence-electron chi connectivity index (χ0n) is 15.4. The van der Waals surface area contributed by atoms with Gasteiger partial charge in [0.15, 0.2) is 0 Å². The van der Waals surface area contributed by atoms with Crippen molar-refractivity contribution in [3.63, 3.8) is 0 Å². The molecule has 6 rings (SSSR count). The molecule has 134 valence electrons. The number of halogens is 1. The molecular weight excluding hydrogens is 345 g/mol. The quantitative estimate of drug-likeness (QED) is 0.235. The Morgan fingerprint density at radius 2 is 1.46 bits per heavy atom. The Bertz CT molecular complexity index is 1380. The number of benzene rings is 4. The average molecular weight is 363 g/mol. The van der Waals surface area contributed by atoms with Crippen LogP contribution in [0, 0.1) is 5.82 Å². The van der Waals surface area contributed by atoms with Gasteiger partial charge in [-0.15, -0.1) is 0 Å². The Balaban J connectivity index is 1.72. The monoisotopic (exact) mass is 363 g/mol. The van der Waals surface area contributed by atoms with Crippen molar-refractivity contribution in [2.45, 2.75) is 19.3 Å². The van der Waals surface area contributed by atoms with Gasteiger partial charge in [-0.2, -0.15) is 0 Å². The summed E-state index contributed by atoms with van der Waals surface area (Å²) in [5.41, 5.74) is 5.80. The van der Waals surface area contributed by atoms with Crippen LogP contribution in [0.4, 0.5) is 4.39 Å². The molecule has 0 bridgehead atoms. The summed E-state index contributed by atoms with van der Waals surface area (Å²) in [4.78, 5) is 5.05. The van der Waals surface area contributed by atoms with Crippen molar-refractivity contribution in [1.29, 1.82) is 0 Å². The third-order valence-corrected chi connectivity index (χ3v) is 6.02. The number of hydrogen-bond acceptors (Lipinski definition) is 1. The van der Waals surface area contributed by atoms with Crippen LogP contribution in [0.25, 0.3) is 43.7 Å². The number of pyridine rings is 1. The minimum atomic E-state index is -0.209. The first-order valence-corrected chi connectivity index (χ1v) is 9.81. The van der Waals surface area contributed by atoms with Crippen LogP contribution in [0.5, 0.6) is 0 Å². The average Bonchev–Trinajstić information content (AvgIpc) is 3.22. The van der Waals surface area contributed by atoms with Crippen LogP contribution in [0.1, 0.15) is 17.5 Å². The Morgan fingerprint density at radius 1 is 0.714 bits per heavy atom. The van der Waals surface area contributed by atoms with Crippen molar-refractivity contribution in [3.8, 4) is 11.3 Å². The van der Waals surface area contributed by atoms with E-state index in [1.807, 2.05) is 12.1 Å². The maximum absolute atomic E-state index is 13.4. The van der Waals surface area contributed by atoms with Crippen LogP contribution in [0.3, 0.4) is 0 Å². The van der Waals surface area contributed by atoms with Crippen LogP contribution in [0.2, 0.25) is 0 Å². The summed E-state index contributed by atoms with van der Waals surface area (Å²) < 4.78 is 13.4. The highest BCUT2D eigenvalue weighted by Crippen LogP contribution is 2.39. The smallest absolute Gasteiger partial charge is 0.123 e. The van der Waals surface area contributed by atoms with E-state index < -0.39 is 0 Å². The van der Waals surface area contributed by atoms with Gasteiger partial charge in [-0.05, 0) is 94.4 Å². The van der Waals surface area contributed by atoms with E-state index in [9.17, 15) is 4.39 Å². The fourth-order valence-corrected chi connectivity index (χ4v) is 4.73. The molecule has 4 aromatic carbocycles. The fraction of sp³-hybridized carbons (Fsp3) is 0.115. The maximum atomic E-state index is 13.4. The second kappa shape index (κ2) is 5.87. The molecule has 1 nitrogen and oxygen atoms in total. The topological polar surface area (TPSA) is 12.9 Å². The molecule has 0 amide bonds. The van der Waals surface area contributed by atoms with Crippen LogP contribution < -0.4 is 0 Å². The summed E-state index contributed by atoms with van der Waals surface area (Å²) in [7, 11) is 0. The number of nitrogens with zero attached hydrogens (tertiary/aromatic N) is 1. The lowest BCUT2D eigenvalue weighted by molar-refractivity contribution is 0.628. The minimum absolute atomic E-state index is 0.209. The molecule has 0 spiro atoms. The molecule has 1 heterocycles. The predicted molar refractivity (Wildman–Crippen MR) is 114 cm³/mol. The van der Waals surface area contributed by atoms with E-state index in [0.717, 1.165) is 36.0 Å². The van der Waals surface area contributed by atoms with E-state index in [4.69, 9.17) is 4.98 Å². The van der Waals surface area contributed by atoms with E-state index in [2.05, 4.69) is 48.5 Å². The Kier molecular flexibility index (Phi) is 3.30. The third-order valence-electron chi connectivity index (χ3n) is 6.02. The molecule has 2 heteroatoms. The second-order valence-electron chi connectivity index (χ2n) is 7.66. The number of hydrogen-bond donors (Lipinski definition) is 0. The van der Waals surface area contributed by atoms with E-state index >= 15 is 0 Å². The number of aryl methyl sites for hydroxylation is 1. The molecule has 0 saturated carbocycles. The fourth-order valence-electron chi connectivity index (χ4n) is 4.73. The molecule has 5 aromatic rings. The van der Waals surface area contributed by atoms with Gasteiger partial charge in [-0.25, -0.2) is 9.37 Å². The van der Waals surface area contributed by atoms with Crippen LogP contribution in [-0.2, 0) is 12.8 Å². The van der Waals surface area contributed by atoms with Crippen LogP contribution in [-0.4, -0.2) is 4.98 Å². The van der Waals surface area contributed by atoms with E-state index in [-0.39, 0.29) is 5.82 Å². The minimum Gasteiger partial charge on any atom is -0.247 e. The largest absolute Gasteiger partial charge is 0.247 e. The summed E-state index contributed by atoms with van der Waals surface area (Å²) >= 11 is 0. The first kappa shape index (κ1) is 15.8. The molecule has 0 fully saturated rings. The summed E-state index contributed by atoms with van der Waals surface area (Å²) in [5.74, 6) is -0.209. The molecule has 0 saturated heterocycles. The highest BCUT2D eigenvalue weighted by atomic mass is 19.1. The van der Waals surface area contributed by atoms with Gasteiger partial charge in [0.2, 0.25) is 0 Å². The maximum Gasteiger partial charge on any atom is 0.123 e. The number of fused-ring (bicyclic) bond motifs is 6. The normalized spacial score (nSPS) is 13.5. The van der Waals surface area contributed by atoms with Crippen molar-refractivity contribution < 1.29 is 4.39 Å². The van der Waals surface area contributed by atoms with Crippen molar-refractivity contribution >= 4 is 32.4 Å². The highest BCUT2D eigenvalue weighted by Gasteiger charge is 2.22. The first-order chi connectivity index (χ1) is 13.8. The SMILES string of the molecule is Fc1ccc(-c2nc3ccc4cc5ccccc5cc4c3c3c2CCC3)cc1. The lowest BCUT2D eigenvalue weighted by Crippen LogP contribution is -1.96. The summed E-state index contributed by atoms with van der Waals surface area (Å²) in [6.07, 6.45) is 3.26. The molecule has 1 aliphatic rings. The summed E-state index contributed by atoms with van der Waals surface area (Å²) in [6, 6.07) is 24.2. The zero-order chi connectivity index (χ0) is 18.7. The standard InChI is InChI=1S/C26H18FN/c27-20-11-8-16(9-12-20)26-22-7-3-6-21(22)25-23-15-18-5-2-1-4-17(18)14-19(23)10-13-24(25)28-26/h1-2,4-5,8-15H,3,6-7H2. The molecule has 0 N–H and O–H groups in total. The number of aromatic nitrogens is 1. The van der Waals surface area contributed by atoms with Gasteiger partial charge < -0.3 is 0 Å². The highest BCUT2D eigenvalue weighted by molar-refractivity contribution is 6.13. The summed E-state index contributed by atoms with van der Waals surface area (Å²) in [6.45, 7) is 0. The van der Waals surface area contributed by atoms with Crippen molar-refractivity contribution in [2.24, 2.45) is 0 Å². The molecule has 1 aromatic heterocycles. The van der Waals surface area contributed by atoms with E-state index in [1.54, 1.807) is 0 Å². The Morgan fingerprint density at radius 3 is 2.29 bits per heavy atom. The molecule has 1 aliphatic carbocycles. The number of rotatable bonds is 1. The lowest BCUT2D eigenvalue weighted by atomic mass is 9.94. The Labute approximate surface area is 162 Å². The van der Waals surface area contributed by atoms with Gasteiger partial charge in [0.05, 0.1) is 11.2 Å². The van der Waals surface area contributed by atoms with Crippen molar-refractivity contribution in [1.82, 2.24) is 4.98 Å². The van der Waals surface area contributed by atoms with E-state index in [0.29, 0.717) is 0 Å². The molecule has 0 unspecified atom stereocenters. The first-order valence-electron chi connectivity index (χ1n) is 9.81. The van der Waals surface area contributed by atoms with Gasteiger partial charge in [-0.3, -0.25) is 0 Å². The van der Waals surface area contributed by atoms with Gasteiger partial charge in [0.1, 0.15) is 5.82 Å². The third kappa shape index (κ3) is 2.27. The predicted octanol–water partition coefficient (Wildman–Crippen LogP) is 6.84. The lowest BCUT2D eigenvalue weighted by Gasteiger charge is -2.14. The molecule has 0 atom stereocenters. The zero-order valence-corrected chi connectivity index (χ0v) is 15.4. The van der Waals surface area contributed by atoms with Gasteiger partial charge in [0.25, 0.3) is 0 Å². The summed E-state index contributed by atoms with van der Waals surface area (Å²) in [5, 5.41) is 6.37. The molecule has 28 heavy (non-hydrogen) atoms. The van der Waals surface area contributed by atoms with Crippen LogP contribution in [0.15, 0.2) is 72.8 Å². The van der Waals surface area contributed by atoms with Gasteiger partial charge in [0, 0.05) is 10.9 Å². The van der Waals surface area contributed by atoms with Crippen molar-refractivity contribution in [2.75, 3.05) is 0 Å². The van der Waals surface area contributed by atoms with E-state index in [1.165, 1.54) is 50.2 Å². The van der Waals surface area contributed by atoms with Crippen LogP contribution >= 0.6 is 0 Å². The molecule has 0 radical (unpaired) electrons.